The molecule has 0 atom stereocenters. The molecule has 0 aliphatic rings. The zero-order valence-electron chi connectivity index (χ0n) is 13.1. The highest BCUT2D eigenvalue weighted by Gasteiger charge is 2.15. The molecule has 0 spiro atoms. The van der Waals surface area contributed by atoms with Crippen molar-refractivity contribution in [3.8, 4) is 0 Å². The highest BCUT2D eigenvalue weighted by atomic mass is 79.9. The fourth-order valence-electron chi connectivity index (χ4n) is 2.01. The second-order valence-corrected chi connectivity index (χ2v) is 7.76. The predicted molar refractivity (Wildman–Crippen MR) is 95.5 cm³/mol. The molecule has 2 aromatic rings. The first-order valence-electron chi connectivity index (χ1n) is 7.06. The monoisotopic (exact) mass is 395 g/mol. The summed E-state index contributed by atoms with van der Waals surface area (Å²) < 4.78 is 2.48. The van der Waals surface area contributed by atoms with Crippen molar-refractivity contribution in [2.75, 3.05) is 0 Å². The maximum Gasteiger partial charge on any atom is 0.286 e. The third-order valence-corrected chi connectivity index (χ3v) is 4.50. The van der Waals surface area contributed by atoms with Crippen LogP contribution in [0.15, 0.2) is 45.9 Å². The Balaban J connectivity index is 2.05. The maximum absolute atomic E-state index is 12.3. The van der Waals surface area contributed by atoms with Crippen LogP contribution in [-0.2, 0) is 7.05 Å². The van der Waals surface area contributed by atoms with E-state index >= 15 is 0 Å². The van der Waals surface area contributed by atoms with E-state index in [1.165, 1.54) is 0 Å². The molecule has 0 radical (unpaired) electrons. The van der Waals surface area contributed by atoms with Crippen molar-refractivity contribution in [1.29, 1.82) is 0 Å². The first kappa shape index (κ1) is 17.6. The van der Waals surface area contributed by atoms with Crippen molar-refractivity contribution in [2.45, 2.75) is 24.0 Å². The first-order chi connectivity index (χ1) is 10.9. The molecule has 5 nitrogen and oxygen atoms in total. The Morgan fingerprint density at radius 2 is 1.83 bits per heavy atom. The molecule has 0 unspecified atom stereocenters. The summed E-state index contributed by atoms with van der Waals surface area (Å²) in [6.07, 6.45) is 1.77. The molecule has 2 amide bonds. The number of benzene rings is 1. The molecule has 7 heteroatoms. The lowest BCUT2D eigenvalue weighted by molar-refractivity contribution is 0.0840. The molecule has 0 fully saturated rings. The van der Waals surface area contributed by atoms with Crippen LogP contribution in [-0.4, -0.2) is 21.6 Å². The van der Waals surface area contributed by atoms with E-state index in [0.717, 1.165) is 9.37 Å². The minimum Gasteiger partial charge on any atom is -0.345 e. The van der Waals surface area contributed by atoms with Crippen LogP contribution in [0.25, 0.3) is 0 Å². The Morgan fingerprint density at radius 1 is 1.17 bits per heavy atom. The molecule has 1 aromatic carbocycles. The highest BCUT2D eigenvalue weighted by molar-refractivity contribution is 9.10. The number of hydrazine groups is 1. The van der Waals surface area contributed by atoms with Gasteiger partial charge in [0.05, 0.1) is 5.56 Å². The minimum atomic E-state index is -0.374. The zero-order valence-corrected chi connectivity index (χ0v) is 15.5. The van der Waals surface area contributed by atoms with Gasteiger partial charge in [-0.15, -0.1) is 11.8 Å². The molecular formula is C16H18BrN3O2S. The number of aromatic nitrogens is 1. The first-order valence-corrected chi connectivity index (χ1v) is 8.74. The Labute approximate surface area is 147 Å². The van der Waals surface area contributed by atoms with E-state index < -0.39 is 0 Å². The third-order valence-electron chi connectivity index (χ3n) is 2.99. The van der Waals surface area contributed by atoms with E-state index in [2.05, 4.69) is 40.6 Å². The van der Waals surface area contributed by atoms with Gasteiger partial charge in [-0.25, -0.2) is 0 Å². The SMILES string of the molecule is CC(C)Sc1ccccc1C(=O)NNC(=O)c1cc(Br)cn1C. The molecule has 0 aliphatic heterocycles. The lowest BCUT2D eigenvalue weighted by Crippen LogP contribution is -2.42. The van der Waals surface area contributed by atoms with Crippen molar-refractivity contribution in [3.05, 3.63) is 52.3 Å². The van der Waals surface area contributed by atoms with Crippen LogP contribution in [0.4, 0.5) is 0 Å². The summed E-state index contributed by atoms with van der Waals surface area (Å²) in [5.41, 5.74) is 5.90. The number of halogens is 1. The fraction of sp³-hybridized carbons (Fsp3) is 0.250. The lowest BCUT2D eigenvalue weighted by atomic mass is 10.2. The molecule has 23 heavy (non-hydrogen) atoms. The molecule has 0 aliphatic carbocycles. The number of carbonyl (C=O) groups is 2. The molecule has 2 rings (SSSR count). The van der Waals surface area contributed by atoms with E-state index in [0.29, 0.717) is 16.5 Å². The average molecular weight is 396 g/mol. The summed E-state index contributed by atoms with van der Waals surface area (Å²) in [4.78, 5) is 25.3. The number of hydrogen-bond acceptors (Lipinski definition) is 3. The number of aryl methyl sites for hydroxylation is 1. The molecule has 1 aromatic heterocycles. The predicted octanol–water partition coefficient (Wildman–Crippen LogP) is 3.36. The van der Waals surface area contributed by atoms with E-state index in [4.69, 9.17) is 0 Å². The number of carbonyl (C=O) groups excluding carboxylic acids is 2. The second kappa shape index (κ2) is 7.70. The van der Waals surface area contributed by atoms with Crippen LogP contribution < -0.4 is 10.9 Å². The van der Waals surface area contributed by atoms with Gasteiger partial charge in [-0.3, -0.25) is 20.4 Å². The molecular weight excluding hydrogens is 378 g/mol. The Bertz CT molecular complexity index is 728. The number of amides is 2. The fourth-order valence-corrected chi connectivity index (χ4v) is 3.48. The molecule has 2 N–H and O–H groups in total. The van der Waals surface area contributed by atoms with Crippen molar-refractivity contribution < 1.29 is 9.59 Å². The number of thioether (sulfide) groups is 1. The van der Waals surface area contributed by atoms with Crippen molar-refractivity contribution in [3.63, 3.8) is 0 Å². The summed E-state index contributed by atoms with van der Waals surface area (Å²) >= 11 is 4.92. The van der Waals surface area contributed by atoms with Crippen LogP contribution in [0.5, 0.6) is 0 Å². The molecule has 122 valence electrons. The summed E-state index contributed by atoms with van der Waals surface area (Å²) in [6.45, 7) is 4.13. The van der Waals surface area contributed by atoms with Gasteiger partial charge in [0.1, 0.15) is 5.69 Å². The number of nitrogens with one attached hydrogen (secondary N) is 2. The summed E-state index contributed by atoms with van der Waals surface area (Å²) in [7, 11) is 1.76. The third kappa shape index (κ3) is 4.62. The quantitative estimate of drug-likeness (QED) is 0.616. The van der Waals surface area contributed by atoms with Gasteiger partial charge in [0, 0.05) is 27.9 Å². The van der Waals surface area contributed by atoms with Crippen LogP contribution in [0.2, 0.25) is 0 Å². The van der Waals surface area contributed by atoms with Crippen LogP contribution >= 0.6 is 27.7 Å². The normalized spacial score (nSPS) is 10.7. The summed E-state index contributed by atoms with van der Waals surface area (Å²) in [6, 6.07) is 9.02. The van der Waals surface area contributed by atoms with Crippen LogP contribution in [0.1, 0.15) is 34.7 Å². The van der Waals surface area contributed by atoms with Crippen LogP contribution in [0, 0.1) is 0 Å². The smallest absolute Gasteiger partial charge is 0.286 e. The van der Waals surface area contributed by atoms with Gasteiger partial charge >= 0.3 is 0 Å². The summed E-state index contributed by atoms with van der Waals surface area (Å²) in [5.74, 6) is -0.712. The topological polar surface area (TPSA) is 63.1 Å². The summed E-state index contributed by atoms with van der Waals surface area (Å²) in [5, 5.41) is 0.360. The highest BCUT2D eigenvalue weighted by Crippen LogP contribution is 2.26. The van der Waals surface area contributed by atoms with Crippen molar-refractivity contribution >= 4 is 39.5 Å². The van der Waals surface area contributed by atoms with Crippen molar-refractivity contribution in [1.82, 2.24) is 15.4 Å². The Hall–Kier alpha value is -1.73. The number of nitrogens with zero attached hydrogens (tertiary/aromatic N) is 1. The van der Waals surface area contributed by atoms with Crippen molar-refractivity contribution in [2.24, 2.45) is 7.05 Å². The van der Waals surface area contributed by atoms with Gasteiger partial charge in [0.25, 0.3) is 11.8 Å². The lowest BCUT2D eigenvalue weighted by Gasteiger charge is -2.12. The van der Waals surface area contributed by atoms with Gasteiger partial charge in [-0.05, 0) is 34.1 Å². The molecule has 0 bridgehead atoms. The number of hydrogen-bond donors (Lipinski definition) is 2. The molecule has 0 saturated carbocycles. The zero-order chi connectivity index (χ0) is 17.0. The van der Waals surface area contributed by atoms with Gasteiger partial charge in [0.15, 0.2) is 0 Å². The standard InChI is InChI=1S/C16H18BrN3O2S/c1-10(2)23-14-7-5-4-6-12(14)15(21)18-19-16(22)13-8-11(17)9-20(13)3/h4-10H,1-3H3,(H,18,21)(H,19,22). The van der Waals surface area contributed by atoms with E-state index in [9.17, 15) is 9.59 Å². The van der Waals surface area contributed by atoms with Gasteiger partial charge in [-0.2, -0.15) is 0 Å². The second-order valence-electron chi connectivity index (χ2n) is 5.23. The molecule has 0 saturated heterocycles. The van der Waals surface area contributed by atoms with E-state index in [1.54, 1.807) is 47.8 Å². The largest absolute Gasteiger partial charge is 0.345 e. The van der Waals surface area contributed by atoms with Gasteiger partial charge < -0.3 is 4.57 Å². The van der Waals surface area contributed by atoms with Gasteiger partial charge in [-0.1, -0.05) is 26.0 Å². The van der Waals surface area contributed by atoms with Gasteiger partial charge in [0.2, 0.25) is 0 Å². The molecule has 1 heterocycles. The number of rotatable bonds is 4. The average Bonchev–Trinajstić information content (AvgIpc) is 2.83. The van der Waals surface area contributed by atoms with E-state index in [1.807, 2.05) is 12.1 Å². The maximum atomic E-state index is 12.3. The Kier molecular flexibility index (Phi) is 5.90. The van der Waals surface area contributed by atoms with Crippen LogP contribution in [0.3, 0.4) is 0 Å². The minimum absolute atomic E-state index is 0.338. The van der Waals surface area contributed by atoms with E-state index in [-0.39, 0.29) is 11.8 Å². The Morgan fingerprint density at radius 3 is 2.43 bits per heavy atom.